The molecule has 0 aliphatic rings. The molecule has 0 N–H and O–H groups in total. The minimum absolute atomic E-state index is 1.16. The van der Waals surface area contributed by atoms with Crippen LogP contribution in [0.5, 0.6) is 0 Å². The Hall–Kier alpha value is -7.68. The minimum atomic E-state index is 1.16. The standard InChI is InChI=1S/C56H36N2/c1-2-16-43(17-3-1)57-53-25-8-6-19-49(53)51-35-41(29-31-55(51)57)45-21-11-24-48-46(22-12-23-47(45)48)42-30-32-56-52(36-42)50-20-7-9-26-54(50)58(56)44-18-10-15-39(34-44)40-28-27-37-13-4-5-14-38(37)33-40/h1-36H. The summed E-state index contributed by atoms with van der Waals surface area (Å²) in [5.74, 6) is 0. The first-order valence-corrected chi connectivity index (χ1v) is 20.0. The monoisotopic (exact) mass is 736 g/mol. The maximum atomic E-state index is 2.42. The molecule has 0 aliphatic heterocycles. The number of para-hydroxylation sites is 3. The van der Waals surface area contributed by atoms with Gasteiger partial charge in [-0.1, -0.05) is 152 Å². The Balaban J connectivity index is 0.984. The van der Waals surface area contributed by atoms with E-state index in [1.807, 2.05) is 0 Å². The molecule has 0 saturated carbocycles. The summed E-state index contributed by atoms with van der Waals surface area (Å²) in [6.45, 7) is 0. The summed E-state index contributed by atoms with van der Waals surface area (Å²) in [6.07, 6.45) is 0. The second-order valence-corrected chi connectivity index (χ2v) is 15.3. The van der Waals surface area contributed by atoms with Gasteiger partial charge in [-0.3, -0.25) is 0 Å². The lowest BCUT2D eigenvalue weighted by Gasteiger charge is -2.13. The zero-order valence-corrected chi connectivity index (χ0v) is 31.7. The van der Waals surface area contributed by atoms with Gasteiger partial charge in [0.25, 0.3) is 0 Å². The summed E-state index contributed by atoms with van der Waals surface area (Å²) in [5, 5.41) is 10.0. The van der Waals surface area contributed by atoms with Crippen LogP contribution in [0.25, 0.3) is 110 Å². The molecule has 12 aromatic rings. The summed E-state index contributed by atoms with van der Waals surface area (Å²) in [5.41, 5.74) is 14.5. The molecular formula is C56H36N2. The lowest BCUT2D eigenvalue weighted by Crippen LogP contribution is -1.94. The predicted molar refractivity (Wildman–Crippen MR) is 246 cm³/mol. The third-order valence-electron chi connectivity index (χ3n) is 12.1. The van der Waals surface area contributed by atoms with E-state index in [-0.39, 0.29) is 0 Å². The van der Waals surface area contributed by atoms with Crippen molar-refractivity contribution in [1.82, 2.24) is 9.13 Å². The van der Waals surface area contributed by atoms with Crippen LogP contribution in [0.2, 0.25) is 0 Å². The van der Waals surface area contributed by atoms with Gasteiger partial charge >= 0.3 is 0 Å². The maximum Gasteiger partial charge on any atom is 0.0541 e. The van der Waals surface area contributed by atoms with Crippen molar-refractivity contribution < 1.29 is 0 Å². The van der Waals surface area contributed by atoms with E-state index in [2.05, 4.69) is 228 Å². The lowest BCUT2D eigenvalue weighted by molar-refractivity contribution is 1.18. The van der Waals surface area contributed by atoms with Crippen molar-refractivity contribution in [2.24, 2.45) is 0 Å². The Morgan fingerprint density at radius 1 is 0.224 bits per heavy atom. The quantitative estimate of drug-likeness (QED) is 0.167. The van der Waals surface area contributed by atoms with Crippen molar-refractivity contribution in [2.75, 3.05) is 0 Å². The van der Waals surface area contributed by atoms with E-state index in [0.29, 0.717) is 0 Å². The molecule has 0 atom stereocenters. The fourth-order valence-electron chi connectivity index (χ4n) is 9.42. The molecule has 2 heterocycles. The smallest absolute Gasteiger partial charge is 0.0541 e. The Morgan fingerprint density at radius 3 is 1.34 bits per heavy atom. The summed E-state index contributed by atoms with van der Waals surface area (Å²) < 4.78 is 4.80. The van der Waals surface area contributed by atoms with Crippen LogP contribution in [0, 0.1) is 0 Å². The van der Waals surface area contributed by atoms with Crippen molar-refractivity contribution >= 4 is 65.2 Å². The Labute approximate surface area is 336 Å². The van der Waals surface area contributed by atoms with Crippen molar-refractivity contribution in [3.8, 4) is 44.8 Å². The van der Waals surface area contributed by atoms with E-state index in [1.165, 1.54) is 104 Å². The topological polar surface area (TPSA) is 9.86 Å². The molecule has 270 valence electrons. The summed E-state index contributed by atoms with van der Waals surface area (Å²) in [6, 6.07) is 80.0. The molecule has 0 aliphatic carbocycles. The third-order valence-corrected chi connectivity index (χ3v) is 12.1. The summed E-state index contributed by atoms with van der Waals surface area (Å²) in [4.78, 5) is 0. The average molecular weight is 737 g/mol. The van der Waals surface area contributed by atoms with Crippen LogP contribution >= 0.6 is 0 Å². The minimum Gasteiger partial charge on any atom is -0.309 e. The molecule has 58 heavy (non-hydrogen) atoms. The molecule has 12 rings (SSSR count). The highest BCUT2D eigenvalue weighted by Gasteiger charge is 2.17. The molecule has 0 amide bonds. The molecule has 2 aromatic heterocycles. The van der Waals surface area contributed by atoms with E-state index >= 15 is 0 Å². The van der Waals surface area contributed by atoms with Gasteiger partial charge in [-0.25, -0.2) is 0 Å². The van der Waals surface area contributed by atoms with Crippen LogP contribution in [-0.4, -0.2) is 9.13 Å². The molecule has 0 saturated heterocycles. The summed E-state index contributed by atoms with van der Waals surface area (Å²) >= 11 is 0. The third kappa shape index (κ3) is 5.05. The van der Waals surface area contributed by atoms with Crippen molar-refractivity contribution in [3.05, 3.63) is 218 Å². The molecule has 0 bridgehead atoms. The predicted octanol–water partition coefficient (Wildman–Crippen LogP) is 15.2. The second kappa shape index (κ2) is 12.9. The first-order chi connectivity index (χ1) is 28.8. The van der Waals surface area contributed by atoms with E-state index in [0.717, 1.165) is 5.69 Å². The number of rotatable bonds is 5. The Bertz CT molecular complexity index is 3570. The molecule has 2 heteroatoms. The van der Waals surface area contributed by atoms with E-state index in [9.17, 15) is 0 Å². The van der Waals surface area contributed by atoms with Crippen molar-refractivity contribution in [2.45, 2.75) is 0 Å². The number of fused-ring (bicyclic) bond motifs is 8. The normalized spacial score (nSPS) is 11.8. The zero-order chi connectivity index (χ0) is 38.2. The largest absolute Gasteiger partial charge is 0.309 e. The molecule has 10 aromatic carbocycles. The van der Waals surface area contributed by atoms with E-state index in [4.69, 9.17) is 0 Å². The van der Waals surface area contributed by atoms with Gasteiger partial charge in [0, 0.05) is 32.9 Å². The molecule has 0 fully saturated rings. The fourth-order valence-corrected chi connectivity index (χ4v) is 9.42. The number of hydrogen-bond acceptors (Lipinski definition) is 0. The van der Waals surface area contributed by atoms with Gasteiger partial charge in [0.05, 0.1) is 22.1 Å². The zero-order valence-electron chi connectivity index (χ0n) is 31.7. The van der Waals surface area contributed by atoms with E-state index in [1.54, 1.807) is 0 Å². The fraction of sp³-hybridized carbons (Fsp3) is 0. The maximum absolute atomic E-state index is 2.42. The van der Waals surface area contributed by atoms with Gasteiger partial charge in [0.2, 0.25) is 0 Å². The van der Waals surface area contributed by atoms with Crippen LogP contribution in [-0.2, 0) is 0 Å². The molecular weight excluding hydrogens is 701 g/mol. The number of aromatic nitrogens is 2. The van der Waals surface area contributed by atoms with Gasteiger partial charge in [-0.2, -0.15) is 0 Å². The van der Waals surface area contributed by atoms with Crippen molar-refractivity contribution in [3.63, 3.8) is 0 Å². The Kier molecular flexibility index (Phi) is 7.26. The van der Waals surface area contributed by atoms with Gasteiger partial charge in [-0.15, -0.1) is 0 Å². The van der Waals surface area contributed by atoms with Crippen LogP contribution in [0.3, 0.4) is 0 Å². The molecule has 0 spiro atoms. The van der Waals surface area contributed by atoms with Crippen LogP contribution in [0.15, 0.2) is 218 Å². The number of hydrogen-bond donors (Lipinski definition) is 0. The second-order valence-electron chi connectivity index (χ2n) is 15.3. The first-order valence-electron chi connectivity index (χ1n) is 20.0. The van der Waals surface area contributed by atoms with Gasteiger partial charge < -0.3 is 9.13 Å². The van der Waals surface area contributed by atoms with Gasteiger partial charge in [-0.05, 0) is 122 Å². The van der Waals surface area contributed by atoms with Crippen molar-refractivity contribution in [1.29, 1.82) is 0 Å². The van der Waals surface area contributed by atoms with Gasteiger partial charge in [0.1, 0.15) is 0 Å². The first kappa shape index (κ1) is 32.6. The SMILES string of the molecule is c1ccc(-n2c3ccccc3c3cc(-c4cccc5c(-c6ccc7c(c6)c6ccccc6n7-c6cccc(-c7ccc8ccccc8c7)c6)cccc45)ccc32)cc1. The highest BCUT2D eigenvalue weighted by molar-refractivity contribution is 6.14. The summed E-state index contributed by atoms with van der Waals surface area (Å²) in [7, 11) is 0. The van der Waals surface area contributed by atoms with Crippen LogP contribution < -0.4 is 0 Å². The molecule has 2 nitrogen and oxygen atoms in total. The number of nitrogens with zero attached hydrogens (tertiary/aromatic N) is 2. The van der Waals surface area contributed by atoms with Gasteiger partial charge in [0.15, 0.2) is 0 Å². The highest BCUT2D eigenvalue weighted by atomic mass is 15.0. The van der Waals surface area contributed by atoms with E-state index < -0.39 is 0 Å². The molecule has 0 radical (unpaired) electrons. The Morgan fingerprint density at radius 2 is 0.690 bits per heavy atom. The van der Waals surface area contributed by atoms with Crippen LogP contribution in [0.1, 0.15) is 0 Å². The highest BCUT2D eigenvalue weighted by Crippen LogP contribution is 2.41. The number of benzene rings is 10. The average Bonchev–Trinajstić information content (AvgIpc) is 3.81. The lowest BCUT2D eigenvalue weighted by atomic mass is 9.92. The van der Waals surface area contributed by atoms with Crippen LogP contribution in [0.4, 0.5) is 0 Å². The molecule has 0 unspecified atom stereocenters.